The lowest BCUT2D eigenvalue weighted by atomic mass is 10.2. The van der Waals surface area contributed by atoms with Gasteiger partial charge < -0.3 is 16.2 Å². The second kappa shape index (κ2) is 5.88. The Bertz CT molecular complexity index is 698. The van der Waals surface area contributed by atoms with E-state index >= 15 is 0 Å². The van der Waals surface area contributed by atoms with E-state index in [4.69, 9.17) is 10.8 Å². The highest BCUT2D eigenvalue weighted by molar-refractivity contribution is 7.09. The summed E-state index contributed by atoms with van der Waals surface area (Å²) in [5.41, 5.74) is 6.33. The number of thiazole rings is 1. The number of nitrogens with zero attached hydrogens (tertiary/aromatic N) is 2. The first-order valence-electron chi connectivity index (χ1n) is 6.11. The summed E-state index contributed by atoms with van der Waals surface area (Å²) in [5.74, 6) is -1.29. The topological polar surface area (TPSA) is 118 Å². The summed E-state index contributed by atoms with van der Waals surface area (Å²) in [6.07, 6.45) is 0. The third-order valence-corrected chi connectivity index (χ3v) is 3.79. The van der Waals surface area contributed by atoms with Crippen molar-refractivity contribution in [3.05, 3.63) is 39.5 Å². The summed E-state index contributed by atoms with van der Waals surface area (Å²) in [6.45, 7) is 3.60. The Labute approximate surface area is 124 Å². The van der Waals surface area contributed by atoms with Crippen molar-refractivity contribution in [2.24, 2.45) is 5.73 Å². The standard InChI is InChI=1S/C13H14N4O3S/c1-6-3-4-8(10(14)18)11(15-6)16-7(2)12-17-9(5-21-12)13(19)20/h3-5,7H,1-2H3,(H2,14,18)(H,15,16)(H,19,20). The molecule has 0 spiro atoms. The zero-order valence-electron chi connectivity index (χ0n) is 11.5. The van der Waals surface area contributed by atoms with Crippen molar-refractivity contribution in [1.29, 1.82) is 0 Å². The number of hydrogen-bond donors (Lipinski definition) is 3. The van der Waals surface area contributed by atoms with Gasteiger partial charge in [-0.05, 0) is 26.0 Å². The van der Waals surface area contributed by atoms with Crippen LogP contribution in [0.1, 0.15) is 44.5 Å². The van der Waals surface area contributed by atoms with Crippen LogP contribution in [0.4, 0.5) is 5.82 Å². The number of primary amides is 1. The van der Waals surface area contributed by atoms with Gasteiger partial charge in [0.15, 0.2) is 5.69 Å². The maximum Gasteiger partial charge on any atom is 0.355 e. The molecule has 0 aliphatic heterocycles. The molecule has 0 fully saturated rings. The van der Waals surface area contributed by atoms with Crippen molar-refractivity contribution in [3.8, 4) is 0 Å². The molecule has 0 radical (unpaired) electrons. The molecule has 0 saturated carbocycles. The van der Waals surface area contributed by atoms with Gasteiger partial charge in [-0.25, -0.2) is 14.8 Å². The van der Waals surface area contributed by atoms with E-state index in [0.29, 0.717) is 10.8 Å². The lowest BCUT2D eigenvalue weighted by molar-refractivity contribution is 0.0691. The van der Waals surface area contributed by atoms with Crippen LogP contribution in [0.25, 0.3) is 0 Å². The number of carboxylic acids is 1. The maximum absolute atomic E-state index is 11.4. The van der Waals surface area contributed by atoms with Crippen molar-refractivity contribution in [1.82, 2.24) is 9.97 Å². The third kappa shape index (κ3) is 3.34. The van der Waals surface area contributed by atoms with Gasteiger partial charge in [0.1, 0.15) is 10.8 Å². The molecule has 0 aliphatic carbocycles. The number of aryl methyl sites for hydroxylation is 1. The molecule has 1 unspecified atom stereocenters. The number of carbonyl (C=O) groups excluding carboxylic acids is 1. The van der Waals surface area contributed by atoms with E-state index in [1.165, 1.54) is 16.7 Å². The summed E-state index contributed by atoms with van der Waals surface area (Å²) in [4.78, 5) is 30.5. The number of amides is 1. The summed E-state index contributed by atoms with van der Waals surface area (Å²) >= 11 is 1.23. The van der Waals surface area contributed by atoms with Crippen molar-refractivity contribution >= 4 is 29.0 Å². The van der Waals surface area contributed by atoms with E-state index in [1.54, 1.807) is 26.0 Å². The number of carboxylic acid groups (broad SMARTS) is 1. The Morgan fingerprint density at radius 3 is 2.67 bits per heavy atom. The summed E-state index contributed by atoms with van der Waals surface area (Å²) in [6, 6.07) is 3.00. The van der Waals surface area contributed by atoms with Crippen LogP contribution >= 0.6 is 11.3 Å². The van der Waals surface area contributed by atoms with Crippen LogP contribution < -0.4 is 11.1 Å². The molecular formula is C13H14N4O3S. The monoisotopic (exact) mass is 306 g/mol. The van der Waals surface area contributed by atoms with Crippen molar-refractivity contribution < 1.29 is 14.7 Å². The Morgan fingerprint density at radius 1 is 1.38 bits per heavy atom. The minimum Gasteiger partial charge on any atom is -0.476 e. The van der Waals surface area contributed by atoms with Gasteiger partial charge >= 0.3 is 5.97 Å². The van der Waals surface area contributed by atoms with E-state index in [1.807, 2.05) is 0 Å². The molecule has 0 aliphatic rings. The summed E-state index contributed by atoms with van der Waals surface area (Å²) in [7, 11) is 0. The van der Waals surface area contributed by atoms with Gasteiger partial charge in [0.05, 0.1) is 11.6 Å². The van der Waals surface area contributed by atoms with E-state index in [-0.39, 0.29) is 17.3 Å². The van der Waals surface area contributed by atoms with Crippen LogP contribution in [0.2, 0.25) is 0 Å². The average molecular weight is 306 g/mol. The highest BCUT2D eigenvalue weighted by Gasteiger charge is 2.17. The number of rotatable bonds is 5. The smallest absolute Gasteiger partial charge is 0.355 e. The molecule has 7 nitrogen and oxygen atoms in total. The first kappa shape index (κ1) is 14.9. The van der Waals surface area contributed by atoms with Crippen LogP contribution in [0, 0.1) is 6.92 Å². The van der Waals surface area contributed by atoms with Crippen molar-refractivity contribution in [2.75, 3.05) is 5.32 Å². The number of aromatic carboxylic acids is 1. The van der Waals surface area contributed by atoms with E-state index < -0.39 is 11.9 Å². The quantitative estimate of drug-likeness (QED) is 0.775. The molecule has 21 heavy (non-hydrogen) atoms. The van der Waals surface area contributed by atoms with Crippen molar-refractivity contribution in [3.63, 3.8) is 0 Å². The highest BCUT2D eigenvalue weighted by Crippen LogP contribution is 2.23. The lowest BCUT2D eigenvalue weighted by Crippen LogP contribution is -2.17. The van der Waals surface area contributed by atoms with Gasteiger partial charge in [0.2, 0.25) is 0 Å². The second-order valence-corrected chi connectivity index (χ2v) is 5.34. The van der Waals surface area contributed by atoms with Crippen LogP contribution in [-0.4, -0.2) is 27.0 Å². The molecule has 0 saturated heterocycles. The number of hydrogen-bond acceptors (Lipinski definition) is 6. The second-order valence-electron chi connectivity index (χ2n) is 4.46. The Hall–Kier alpha value is -2.48. The number of anilines is 1. The molecule has 0 bridgehead atoms. The van der Waals surface area contributed by atoms with Gasteiger partial charge in [0, 0.05) is 11.1 Å². The minimum atomic E-state index is -1.07. The van der Waals surface area contributed by atoms with Crippen LogP contribution in [-0.2, 0) is 0 Å². The highest BCUT2D eigenvalue weighted by atomic mass is 32.1. The molecule has 4 N–H and O–H groups in total. The number of nitrogens with one attached hydrogen (secondary N) is 1. The molecule has 0 aromatic carbocycles. The van der Waals surface area contributed by atoms with Crippen molar-refractivity contribution in [2.45, 2.75) is 19.9 Å². The molecular weight excluding hydrogens is 292 g/mol. The predicted octanol–water partition coefficient (Wildman–Crippen LogP) is 1.82. The normalized spacial score (nSPS) is 11.9. The van der Waals surface area contributed by atoms with Gasteiger partial charge in [-0.15, -0.1) is 11.3 Å². The Morgan fingerprint density at radius 2 is 2.10 bits per heavy atom. The zero-order valence-corrected chi connectivity index (χ0v) is 12.3. The molecule has 110 valence electrons. The first-order valence-corrected chi connectivity index (χ1v) is 6.99. The van der Waals surface area contributed by atoms with Crippen LogP contribution in [0.5, 0.6) is 0 Å². The number of aromatic nitrogens is 2. The fraction of sp³-hybridized carbons (Fsp3) is 0.231. The molecule has 1 amide bonds. The van der Waals surface area contributed by atoms with E-state index in [0.717, 1.165) is 5.69 Å². The van der Waals surface area contributed by atoms with Crippen LogP contribution in [0.15, 0.2) is 17.5 Å². The minimum absolute atomic E-state index is 0.00373. The molecule has 2 heterocycles. The summed E-state index contributed by atoms with van der Waals surface area (Å²) in [5, 5.41) is 14.0. The SMILES string of the molecule is Cc1ccc(C(N)=O)c(NC(C)c2nc(C(=O)O)cs2)n1. The van der Waals surface area contributed by atoms with Crippen LogP contribution in [0.3, 0.4) is 0 Å². The number of pyridine rings is 1. The summed E-state index contributed by atoms with van der Waals surface area (Å²) < 4.78 is 0. The van der Waals surface area contributed by atoms with Gasteiger partial charge in [-0.3, -0.25) is 4.79 Å². The largest absolute Gasteiger partial charge is 0.476 e. The fourth-order valence-corrected chi connectivity index (χ4v) is 2.52. The number of carbonyl (C=O) groups is 2. The predicted molar refractivity (Wildman–Crippen MR) is 78.6 cm³/mol. The molecule has 2 rings (SSSR count). The average Bonchev–Trinajstić information content (AvgIpc) is 2.88. The molecule has 1 atom stereocenters. The Balaban J connectivity index is 2.26. The van der Waals surface area contributed by atoms with Gasteiger partial charge in [0.25, 0.3) is 5.91 Å². The molecule has 8 heteroatoms. The molecule has 2 aromatic rings. The fourth-order valence-electron chi connectivity index (χ4n) is 1.72. The Kier molecular flexibility index (Phi) is 4.18. The zero-order chi connectivity index (χ0) is 15.6. The maximum atomic E-state index is 11.4. The molecule has 2 aromatic heterocycles. The van der Waals surface area contributed by atoms with Gasteiger partial charge in [-0.2, -0.15) is 0 Å². The van der Waals surface area contributed by atoms with E-state index in [9.17, 15) is 9.59 Å². The number of nitrogens with two attached hydrogens (primary N) is 1. The first-order chi connectivity index (χ1) is 9.88. The van der Waals surface area contributed by atoms with Gasteiger partial charge in [-0.1, -0.05) is 0 Å². The lowest BCUT2D eigenvalue weighted by Gasteiger charge is -2.14. The third-order valence-electron chi connectivity index (χ3n) is 2.76. The van der Waals surface area contributed by atoms with E-state index in [2.05, 4.69) is 15.3 Å².